The minimum atomic E-state index is -0.493. The molecule has 2 aromatic carbocycles. The quantitative estimate of drug-likeness (QED) is 0.668. The number of nitrogens with two attached hydrogens (primary N) is 1. The average molecular weight is 391 g/mol. The molecular weight excluding hydrogens is 370 g/mol. The molecule has 0 saturated carbocycles. The highest BCUT2D eigenvalue weighted by Gasteiger charge is 2.14. The monoisotopic (exact) mass is 391 g/mol. The second-order valence-electron chi connectivity index (χ2n) is 6.47. The zero-order valence-electron chi connectivity index (χ0n) is 15.7. The summed E-state index contributed by atoms with van der Waals surface area (Å²) < 4.78 is 0. The first-order valence-corrected chi connectivity index (χ1v) is 9.63. The van der Waals surface area contributed by atoms with Crippen LogP contribution in [0.5, 0.6) is 0 Å². The lowest BCUT2D eigenvalue weighted by atomic mass is 10.1. The number of pyridine rings is 1. The van der Waals surface area contributed by atoms with Crippen molar-refractivity contribution < 1.29 is 9.59 Å². The molecule has 3 rings (SSSR count). The van der Waals surface area contributed by atoms with E-state index in [1.165, 1.54) is 17.3 Å². The Bertz CT molecular complexity index is 1030. The van der Waals surface area contributed by atoms with Crippen LogP contribution >= 0.6 is 11.8 Å². The highest BCUT2D eigenvalue weighted by molar-refractivity contribution is 7.99. The van der Waals surface area contributed by atoms with E-state index in [1.807, 2.05) is 32.0 Å². The Morgan fingerprint density at radius 2 is 1.89 bits per heavy atom. The summed E-state index contributed by atoms with van der Waals surface area (Å²) in [4.78, 5) is 29.5. The molecule has 0 fully saturated rings. The number of carbonyl (C=O) groups excluding carboxylic acids is 2. The van der Waals surface area contributed by atoms with Crippen molar-refractivity contribution in [1.29, 1.82) is 0 Å². The summed E-state index contributed by atoms with van der Waals surface area (Å²) in [5.74, 6) is -0.711. The van der Waals surface area contributed by atoms with Gasteiger partial charge in [-0.05, 0) is 55.3 Å². The number of amides is 2. The standard InChI is InChI=1S/C22H21N3O2S/c1-14-8-9-19(15(2)11-14)28-22-18(7-4-10-24-22)21(27)25-13-16-5-3-6-17(12-16)20(23)26/h3-12H,13H2,1-2H3,(H2,23,26)(H,25,27). The third-order valence-electron chi connectivity index (χ3n) is 4.22. The predicted octanol–water partition coefficient (Wildman–Crippen LogP) is 3.88. The number of primary amides is 1. The van der Waals surface area contributed by atoms with E-state index in [-0.39, 0.29) is 5.91 Å². The molecule has 0 radical (unpaired) electrons. The fraction of sp³-hybridized carbons (Fsp3) is 0.136. The van der Waals surface area contributed by atoms with Crippen molar-refractivity contribution in [1.82, 2.24) is 10.3 Å². The summed E-state index contributed by atoms with van der Waals surface area (Å²) in [6.07, 6.45) is 1.68. The molecule has 0 aliphatic carbocycles. The van der Waals surface area contributed by atoms with Gasteiger partial charge in [0.25, 0.3) is 5.91 Å². The number of nitrogens with zero attached hydrogens (tertiary/aromatic N) is 1. The Morgan fingerprint density at radius 1 is 1.07 bits per heavy atom. The average Bonchev–Trinajstić information content (AvgIpc) is 2.69. The number of carbonyl (C=O) groups is 2. The van der Waals surface area contributed by atoms with Crippen molar-refractivity contribution in [2.24, 2.45) is 5.73 Å². The van der Waals surface area contributed by atoms with Crippen molar-refractivity contribution in [2.75, 3.05) is 0 Å². The van der Waals surface area contributed by atoms with E-state index in [9.17, 15) is 9.59 Å². The summed E-state index contributed by atoms with van der Waals surface area (Å²) in [6, 6.07) is 16.6. The minimum absolute atomic E-state index is 0.218. The number of aromatic nitrogens is 1. The molecule has 2 amide bonds. The molecule has 28 heavy (non-hydrogen) atoms. The molecule has 1 aromatic heterocycles. The van der Waals surface area contributed by atoms with Gasteiger partial charge in [0.1, 0.15) is 5.03 Å². The van der Waals surface area contributed by atoms with Crippen LogP contribution in [-0.4, -0.2) is 16.8 Å². The number of nitrogens with one attached hydrogen (secondary N) is 1. The molecule has 0 unspecified atom stereocenters. The van der Waals surface area contributed by atoms with Crippen LogP contribution in [0, 0.1) is 13.8 Å². The number of hydrogen-bond acceptors (Lipinski definition) is 4. The van der Waals surface area contributed by atoms with Gasteiger partial charge in [0, 0.05) is 23.2 Å². The molecule has 0 atom stereocenters. The van der Waals surface area contributed by atoms with E-state index in [1.54, 1.807) is 36.5 Å². The van der Waals surface area contributed by atoms with Crippen LogP contribution in [0.3, 0.4) is 0 Å². The number of rotatable bonds is 6. The predicted molar refractivity (Wildman–Crippen MR) is 110 cm³/mol. The van der Waals surface area contributed by atoms with Crippen molar-refractivity contribution in [2.45, 2.75) is 30.3 Å². The summed E-state index contributed by atoms with van der Waals surface area (Å²) in [7, 11) is 0. The Labute approximate surface area is 168 Å². The largest absolute Gasteiger partial charge is 0.366 e. The normalized spacial score (nSPS) is 10.5. The number of aryl methyl sites for hydroxylation is 2. The van der Waals surface area contributed by atoms with Crippen LogP contribution in [0.4, 0.5) is 0 Å². The molecule has 1 heterocycles. The van der Waals surface area contributed by atoms with Crippen molar-refractivity contribution in [3.63, 3.8) is 0 Å². The second kappa shape index (κ2) is 8.71. The van der Waals surface area contributed by atoms with Crippen LogP contribution in [-0.2, 0) is 6.54 Å². The SMILES string of the molecule is Cc1ccc(Sc2ncccc2C(=O)NCc2cccc(C(N)=O)c2)c(C)c1. The first-order chi connectivity index (χ1) is 13.4. The van der Waals surface area contributed by atoms with Crippen LogP contribution in [0.25, 0.3) is 0 Å². The summed E-state index contributed by atoms with van der Waals surface area (Å²) in [5, 5.41) is 3.54. The van der Waals surface area contributed by atoms with Gasteiger partial charge >= 0.3 is 0 Å². The van der Waals surface area contributed by atoms with E-state index in [0.717, 1.165) is 16.0 Å². The van der Waals surface area contributed by atoms with Gasteiger partial charge in [-0.15, -0.1) is 0 Å². The van der Waals surface area contributed by atoms with E-state index in [4.69, 9.17) is 5.73 Å². The fourth-order valence-electron chi connectivity index (χ4n) is 2.78. The van der Waals surface area contributed by atoms with E-state index < -0.39 is 5.91 Å². The number of hydrogen-bond donors (Lipinski definition) is 2. The minimum Gasteiger partial charge on any atom is -0.366 e. The highest BCUT2D eigenvalue weighted by atomic mass is 32.2. The maximum absolute atomic E-state index is 12.7. The summed E-state index contributed by atoms with van der Waals surface area (Å²) in [5.41, 5.74) is 9.38. The van der Waals surface area contributed by atoms with Gasteiger partial charge in [-0.3, -0.25) is 9.59 Å². The van der Waals surface area contributed by atoms with Crippen LogP contribution in [0.1, 0.15) is 37.4 Å². The lowest BCUT2D eigenvalue weighted by Crippen LogP contribution is -2.24. The maximum Gasteiger partial charge on any atom is 0.254 e. The van der Waals surface area contributed by atoms with Gasteiger partial charge in [-0.2, -0.15) is 0 Å². The topological polar surface area (TPSA) is 85.1 Å². The zero-order chi connectivity index (χ0) is 20.1. The van der Waals surface area contributed by atoms with Crippen molar-refractivity contribution >= 4 is 23.6 Å². The van der Waals surface area contributed by atoms with Gasteiger partial charge in [0.15, 0.2) is 0 Å². The third-order valence-corrected chi connectivity index (χ3v) is 5.41. The van der Waals surface area contributed by atoms with E-state index in [0.29, 0.717) is 22.7 Å². The lowest BCUT2D eigenvalue weighted by molar-refractivity contribution is 0.0946. The highest BCUT2D eigenvalue weighted by Crippen LogP contribution is 2.31. The fourth-order valence-corrected chi connectivity index (χ4v) is 3.72. The van der Waals surface area contributed by atoms with Crippen molar-refractivity contribution in [3.05, 3.63) is 88.6 Å². The second-order valence-corrected chi connectivity index (χ2v) is 7.51. The molecule has 0 aliphatic rings. The first kappa shape index (κ1) is 19.6. The maximum atomic E-state index is 12.7. The van der Waals surface area contributed by atoms with E-state index >= 15 is 0 Å². The first-order valence-electron chi connectivity index (χ1n) is 8.81. The van der Waals surface area contributed by atoms with Gasteiger partial charge in [0.2, 0.25) is 5.91 Å². The van der Waals surface area contributed by atoms with Gasteiger partial charge in [-0.25, -0.2) is 4.98 Å². The van der Waals surface area contributed by atoms with Gasteiger partial charge in [0.05, 0.1) is 5.56 Å². The lowest BCUT2D eigenvalue weighted by Gasteiger charge is -2.11. The molecule has 0 aliphatic heterocycles. The van der Waals surface area contributed by atoms with Gasteiger partial charge < -0.3 is 11.1 Å². The van der Waals surface area contributed by atoms with Crippen LogP contribution in [0.2, 0.25) is 0 Å². The smallest absolute Gasteiger partial charge is 0.254 e. The molecular formula is C22H21N3O2S. The van der Waals surface area contributed by atoms with Crippen LogP contribution < -0.4 is 11.1 Å². The van der Waals surface area contributed by atoms with Gasteiger partial charge in [-0.1, -0.05) is 41.6 Å². The third kappa shape index (κ3) is 4.78. The van der Waals surface area contributed by atoms with Crippen LogP contribution in [0.15, 0.2) is 70.7 Å². The number of benzene rings is 2. The molecule has 142 valence electrons. The summed E-state index contributed by atoms with van der Waals surface area (Å²) >= 11 is 1.47. The molecule has 6 heteroatoms. The summed E-state index contributed by atoms with van der Waals surface area (Å²) in [6.45, 7) is 4.39. The Balaban J connectivity index is 1.75. The molecule has 0 spiro atoms. The Morgan fingerprint density at radius 3 is 2.64 bits per heavy atom. The molecule has 0 bridgehead atoms. The Kier molecular flexibility index (Phi) is 6.11. The van der Waals surface area contributed by atoms with E-state index in [2.05, 4.69) is 16.4 Å². The van der Waals surface area contributed by atoms with Crippen molar-refractivity contribution in [3.8, 4) is 0 Å². The molecule has 3 N–H and O–H groups in total. The molecule has 0 saturated heterocycles. The molecule has 3 aromatic rings. The Hall–Kier alpha value is -3.12. The zero-order valence-corrected chi connectivity index (χ0v) is 16.5. The molecule has 5 nitrogen and oxygen atoms in total.